The first-order valence-corrected chi connectivity index (χ1v) is 23.9. The number of carbonyl (C=O) groups is 4. The number of nitrogens with one attached hydrogen (secondary N) is 4. The number of alkyl halides is 2. The number of hydrogen-bond acceptors (Lipinski definition) is 11. The highest BCUT2D eigenvalue weighted by atomic mass is 19.3. The van der Waals surface area contributed by atoms with E-state index in [1.54, 1.807) is 58.5 Å². The fraction of sp³-hybridized carbons (Fsp3) is 0.385. The van der Waals surface area contributed by atoms with Gasteiger partial charge in [-0.2, -0.15) is 8.78 Å². The molecule has 5 aliphatic rings. The number of imidazole rings is 2. The number of benzene rings is 4. The lowest BCUT2D eigenvalue weighted by molar-refractivity contribution is -0.153. The number of ether oxygens (including phenoxy) is 5. The van der Waals surface area contributed by atoms with Crippen LogP contribution in [0.4, 0.5) is 18.4 Å². The van der Waals surface area contributed by atoms with Gasteiger partial charge in [0, 0.05) is 42.9 Å². The molecule has 19 heteroatoms. The molecule has 4 fully saturated rings. The third-order valence-corrected chi connectivity index (χ3v) is 14.6. The van der Waals surface area contributed by atoms with E-state index < -0.39 is 54.0 Å². The van der Waals surface area contributed by atoms with Gasteiger partial charge in [0.25, 0.3) is 11.8 Å². The van der Waals surface area contributed by atoms with E-state index in [1.165, 1.54) is 26.4 Å². The van der Waals surface area contributed by atoms with Crippen LogP contribution in [-0.2, 0) is 39.2 Å². The minimum absolute atomic E-state index is 0.0964. The minimum Gasteiger partial charge on any atom is -0.453 e. The third-order valence-electron chi connectivity index (χ3n) is 14.6. The van der Waals surface area contributed by atoms with Crippen molar-refractivity contribution in [1.29, 1.82) is 0 Å². The zero-order valence-electron chi connectivity index (χ0n) is 39.0. The Morgan fingerprint density at radius 2 is 1.42 bits per heavy atom. The Hall–Kier alpha value is -7.22. The van der Waals surface area contributed by atoms with Crippen LogP contribution in [0.1, 0.15) is 78.6 Å². The molecule has 368 valence electrons. The first-order valence-electron chi connectivity index (χ1n) is 23.9. The van der Waals surface area contributed by atoms with Gasteiger partial charge in [-0.15, -0.1) is 0 Å². The minimum atomic E-state index is -3.33. The van der Waals surface area contributed by atoms with Gasteiger partial charge in [0.05, 0.1) is 69.0 Å². The van der Waals surface area contributed by atoms with Crippen molar-refractivity contribution in [3.63, 3.8) is 0 Å². The molecule has 0 unspecified atom stereocenters. The number of aromatic nitrogens is 4. The van der Waals surface area contributed by atoms with Gasteiger partial charge in [-0.3, -0.25) is 9.59 Å². The highest BCUT2D eigenvalue weighted by molar-refractivity contribution is 5.89. The molecule has 1 spiro atoms. The number of fused-ring (bicyclic) bond motifs is 4. The lowest BCUT2D eigenvalue weighted by atomic mass is 9.90. The Balaban J connectivity index is 0.836. The van der Waals surface area contributed by atoms with Crippen molar-refractivity contribution >= 4 is 35.0 Å². The van der Waals surface area contributed by atoms with Crippen LogP contribution >= 0.6 is 0 Å². The number of nitrogens with zero attached hydrogens (tertiary/aromatic N) is 4. The van der Waals surface area contributed by atoms with Gasteiger partial charge in [-0.25, -0.2) is 19.6 Å². The summed E-state index contributed by atoms with van der Waals surface area (Å²) < 4.78 is 60.9. The van der Waals surface area contributed by atoms with Crippen molar-refractivity contribution in [3.05, 3.63) is 119 Å². The van der Waals surface area contributed by atoms with Crippen LogP contribution in [0.3, 0.4) is 0 Å². The molecule has 2 aromatic heterocycles. The Labute approximate surface area is 406 Å². The molecule has 6 aromatic rings. The third kappa shape index (κ3) is 8.44. The monoisotopic (exact) mass is 970 g/mol. The van der Waals surface area contributed by atoms with Gasteiger partial charge in [0.1, 0.15) is 23.7 Å². The van der Waals surface area contributed by atoms with Gasteiger partial charge in [-0.1, -0.05) is 60.7 Å². The van der Waals surface area contributed by atoms with E-state index in [0.717, 1.165) is 6.42 Å². The largest absolute Gasteiger partial charge is 0.453 e. The first kappa shape index (κ1) is 46.2. The second kappa shape index (κ2) is 18.5. The molecule has 4 N–H and O–H groups in total. The maximum Gasteiger partial charge on any atom is 0.407 e. The van der Waals surface area contributed by atoms with Crippen molar-refractivity contribution in [1.82, 2.24) is 40.4 Å². The van der Waals surface area contributed by atoms with Crippen molar-refractivity contribution in [2.45, 2.75) is 68.0 Å². The van der Waals surface area contributed by atoms with Crippen molar-refractivity contribution in [2.24, 2.45) is 5.92 Å². The summed E-state index contributed by atoms with van der Waals surface area (Å²) >= 11 is 0. The standard InChI is InChI=1S/C52H52F2N8O9/c1-67-49(65)59-43(29-7-4-3-5-8-29)48(64)62-28-51(70-21-22-71-51)26-42(62)46-56-38-15-12-32(25-39(38)57-46)31-10-13-34-35-14-11-33(24-37(35)52(53,54)36(34)23-31)40-27-55-45(58-40)41-9-6-18-61(41)47(63)44(60-50(66)68-2)30-16-19-69-20-17-30/h3-5,7-8,10-15,23-25,27,30,41-44H,6,9,16-22,26,28H2,1-2H3,(H,55,58)(H,56,57)(H,59,65)(H,60,66)/t41-,42-,43+,44-/m0/s1. The van der Waals surface area contributed by atoms with Crippen LogP contribution in [0.5, 0.6) is 0 Å². The summed E-state index contributed by atoms with van der Waals surface area (Å²) in [6.07, 6.45) is 3.07. The normalized spacial score (nSPS) is 21.0. The molecule has 11 rings (SSSR count). The number of amides is 4. The summed E-state index contributed by atoms with van der Waals surface area (Å²) in [5.41, 5.74) is 4.73. The maximum absolute atomic E-state index is 16.8. The molecule has 4 aromatic carbocycles. The predicted molar refractivity (Wildman–Crippen MR) is 253 cm³/mol. The van der Waals surface area contributed by atoms with Crippen LogP contribution in [0.25, 0.3) is 44.5 Å². The van der Waals surface area contributed by atoms with Gasteiger partial charge in [0.2, 0.25) is 5.91 Å². The van der Waals surface area contributed by atoms with E-state index in [1.807, 2.05) is 30.3 Å². The molecule has 71 heavy (non-hydrogen) atoms. The van der Waals surface area contributed by atoms with Gasteiger partial charge < -0.3 is 54.1 Å². The lowest BCUT2D eigenvalue weighted by Crippen LogP contribution is -2.53. The Kier molecular flexibility index (Phi) is 12.0. The lowest BCUT2D eigenvalue weighted by Gasteiger charge is -2.34. The van der Waals surface area contributed by atoms with Crippen molar-refractivity contribution in [2.75, 3.05) is 53.7 Å². The predicted octanol–water partition coefficient (Wildman–Crippen LogP) is 7.67. The van der Waals surface area contributed by atoms with Crippen molar-refractivity contribution in [3.8, 4) is 33.5 Å². The number of aromatic amines is 2. The average molecular weight is 971 g/mol. The zero-order valence-corrected chi connectivity index (χ0v) is 39.0. The van der Waals surface area contributed by atoms with Crippen molar-refractivity contribution < 1.29 is 51.6 Å². The molecule has 1 aliphatic carbocycles. The zero-order chi connectivity index (χ0) is 49.0. The SMILES string of the molecule is COC(=O)N[C@H](C(=O)N1CCC[C@H]1c1ncc(-c2ccc3c(c2)C(F)(F)c2cc(-c4ccc5nc([C@@H]6CC7(CN6C(=O)[C@H](NC(=O)OC)c6ccccc6)OCCO7)[nH]c5c4)ccc2-3)[nH]1)C1CCOCC1. The number of likely N-dealkylation sites (tertiary alicyclic amines) is 2. The number of methoxy groups -OCH3 is 2. The quantitative estimate of drug-likeness (QED) is 0.105. The number of rotatable bonds is 10. The molecular formula is C52H52F2N8O9. The number of alkyl carbamates (subject to hydrolysis) is 2. The van der Waals surface area contributed by atoms with E-state index in [2.05, 4.69) is 25.6 Å². The smallest absolute Gasteiger partial charge is 0.407 e. The van der Waals surface area contributed by atoms with E-state index in [9.17, 15) is 19.2 Å². The van der Waals surface area contributed by atoms with Gasteiger partial charge in [-0.05, 0) is 83.7 Å². The van der Waals surface area contributed by atoms with E-state index >= 15 is 8.78 Å². The summed E-state index contributed by atoms with van der Waals surface area (Å²) in [5, 5.41) is 5.45. The second-order valence-electron chi connectivity index (χ2n) is 18.7. The highest BCUT2D eigenvalue weighted by Gasteiger charge is 2.53. The summed E-state index contributed by atoms with van der Waals surface area (Å²) in [6.45, 7) is 2.29. The number of carbonyl (C=O) groups excluding carboxylic acids is 4. The molecule has 4 atom stereocenters. The van der Waals surface area contributed by atoms with E-state index in [-0.39, 0.29) is 35.9 Å². The summed E-state index contributed by atoms with van der Waals surface area (Å²) in [7, 11) is 2.50. The van der Waals surface area contributed by atoms with Crippen LogP contribution < -0.4 is 10.6 Å². The van der Waals surface area contributed by atoms with Crippen LogP contribution in [0, 0.1) is 5.92 Å². The molecule has 0 radical (unpaired) electrons. The molecule has 17 nitrogen and oxygen atoms in total. The molecule has 0 saturated carbocycles. The summed E-state index contributed by atoms with van der Waals surface area (Å²) in [5.74, 6) is -4.11. The molecule has 4 saturated heterocycles. The van der Waals surface area contributed by atoms with E-state index in [4.69, 9.17) is 28.7 Å². The summed E-state index contributed by atoms with van der Waals surface area (Å²) in [6, 6.07) is 21.6. The van der Waals surface area contributed by atoms with Gasteiger partial charge >= 0.3 is 12.2 Å². The topological polar surface area (TPSA) is 202 Å². The number of H-pyrrole nitrogens is 2. The Bertz CT molecular complexity index is 3020. The molecule has 6 heterocycles. The first-order chi connectivity index (χ1) is 34.4. The molecule has 4 amide bonds. The van der Waals surface area contributed by atoms with Crippen LogP contribution in [0.15, 0.2) is 91.1 Å². The number of halogens is 2. The maximum atomic E-state index is 16.8. The second-order valence-corrected chi connectivity index (χ2v) is 18.7. The Morgan fingerprint density at radius 1 is 0.746 bits per heavy atom. The van der Waals surface area contributed by atoms with Crippen LogP contribution in [0.2, 0.25) is 0 Å². The molecule has 4 aliphatic heterocycles. The van der Waals surface area contributed by atoms with E-state index in [0.29, 0.717) is 114 Å². The summed E-state index contributed by atoms with van der Waals surface area (Å²) in [4.78, 5) is 73.1. The highest BCUT2D eigenvalue weighted by Crippen LogP contribution is 2.53. The fourth-order valence-corrected chi connectivity index (χ4v) is 11.0. The average Bonchev–Trinajstić information content (AvgIpc) is 4.28. The van der Waals surface area contributed by atoms with Gasteiger partial charge in [0.15, 0.2) is 5.79 Å². The van der Waals surface area contributed by atoms with Crippen LogP contribution in [-0.4, -0.2) is 119 Å². The Morgan fingerprint density at radius 3 is 2.15 bits per heavy atom. The fourth-order valence-electron chi connectivity index (χ4n) is 11.0. The molecule has 0 bridgehead atoms. The number of hydrogen-bond donors (Lipinski definition) is 4. The molecular weight excluding hydrogens is 919 g/mol.